The lowest BCUT2D eigenvalue weighted by molar-refractivity contribution is -0.0382. The van der Waals surface area contributed by atoms with Gasteiger partial charge in [-0.15, -0.1) is 0 Å². The highest BCUT2D eigenvalue weighted by Crippen LogP contribution is 2.28. The zero-order chi connectivity index (χ0) is 10.7. The molecule has 1 fully saturated rings. The van der Waals surface area contributed by atoms with E-state index < -0.39 is 0 Å². The van der Waals surface area contributed by atoms with Crippen molar-refractivity contribution in [2.24, 2.45) is 11.7 Å². The van der Waals surface area contributed by atoms with E-state index in [1.807, 2.05) is 18.2 Å². The molecule has 1 heterocycles. The molecule has 1 aliphatic rings. The molecule has 1 atom stereocenters. The second kappa shape index (κ2) is 4.97. The van der Waals surface area contributed by atoms with Gasteiger partial charge in [-0.2, -0.15) is 0 Å². The summed E-state index contributed by atoms with van der Waals surface area (Å²) >= 11 is 5.96. The van der Waals surface area contributed by atoms with E-state index in [9.17, 15) is 0 Å². The molecule has 2 N–H and O–H groups in total. The molecule has 0 amide bonds. The zero-order valence-electron chi connectivity index (χ0n) is 8.66. The third-order valence-corrected chi connectivity index (χ3v) is 3.16. The fraction of sp³-hybridized carbons (Fsp3) is 0.500. The van der Waals surface area contributed by atoms with Gasteiger partial charge in [-0.1, -0.05) is 23.7 Å². The highest BCUT2D eigenvalue weighted by atomic mass is 35.5. The number of hydrogen-bond donors (Lipinski definition) is 1. The summed E-state index contributed by atoms with van der Waals surface area (Å²) in [7, 11) is 0. The molecule has 1 aliphatic heterocycles. The van der Waals surface area contributed by atoms with Crippen LogP contribution in [0, 0.1) is 5.92 Å². The van der Waals surface area contributed by atoms with Gasteiger partial charge in [0.15, 0.2) is 0 Å². The van der Waals surface area contributed by atoms with Crippen molar-refractivity contribution >= 4 is 11.6 Å². The Hall–Kier alpha value is -0.570. The van der Waals surface area contributed by atoms with Gasteiger partial charge in [-0.05, 0) is 36.6 Å². The van der Waals surface area contributed by atoms with E-state index in [0.717, 1.165) is 24.7 Å². The Morgan fingerprint density at radius 2 is 2.27 bits per heavy atom. The summed E-state index contributed by atoms with van der Waals surface area (Å²) in [6.07, 6.45) is 1.11. The fourth-order valence-corrected chi connectivity index (χ4v) is 2.15. The van der Waals surface area contributed by atoms with Crippen LogP contribution >= 0.6 is 11.6 Å². The average Bonchev–Trinajstić information content (AvgIpc) is 2.16. The number of ether oxygens (including phenoxy) is 1. The van der Waals surface area contributed by atoms with E-state index in [1.54, 1.807) is 0 Å². The van der Waals surface area contributed by atoms with E-state index in [2.05, 4.69) is 6.07 Å². The standard InChI is InChI=1S/C12H16ClNO/c13-12-3-1-2-10(5-12)11(6-14)4-9-7-15-8-9/h1-3,5,9,11H,4,6-8,14H2. The highest BCUT2D eigenvalue weighted by molar-refractivity contribution is 6.30. The average molecular weight is 226 g/mol. The van der Waals surface area contributed by atoms with Gasteiger partial charge < -0.3 is 10.5 Å². The molecule has 0 aromatic heterocycles. The number of nitrogens with two attached hydrogens (primary N) is 1. The summed E-state index contributed by atoms with van der Waals surface area (Å²) in [6, 6.07) is 7.99. The van der Waals surface area contributed by atoms with Crippen molar-refractivity contribution in [2.45, 2.75) is 12.3 Å². The Bertz CT molecular complexity index is 325. The Labute approximate surface area is 95.4 Å². The first kappa shape index (κ1) is 10.9. The number of hydrogen-bond acceptors (Lipinski definition) is 2. The highest BCUT2D eigenvalue weighted by Gasteiger charge is 2.23. The van der Waals surface area contributed by atoms with Gasteiger partial charge in [-0.3, -0.25) is 0 Å². The van der Waals surface area contributed by atoms with Crippen LogP contribution in [-0.2, 0) is 4.74 Å². The predicted molar refractivity (Wildman–Crippen MR) is 62.2 cm³/mol. The quantitative estimate of drug-likeness (QED) is 0.854. The maximum atomic E-state index is 5.96. The van der Waals surface area contributed by atoms with Gasteiger partial charge in [0.1, 0.15) is 0 Å². The van der Waals surface area contributed by atoms with Crippen LogP contribution in [0.4, 0.5) is 0 Å². The molecule has 3 heteroatoms. The van der Waals surface area contributed by atoms with E-state index in [-0.39, 0.29) is 0 Å². The summed E-state index contributed by atoms with van der Waals surface area (Å²) in [5, 5.41) is 0.788. The monoisotopic (exact) mass is 225 g/mol. The first-order chi connectivity index (χ1) is 7.29. The molecule has 0 bridgehead atoms. The van der Waals surface area contributed by atoms with Crippen LogP contribution in [0.3, 0.4) is 0 Å². The molecular formula is C12H16ClNO. The normalized spacial score (nSPS) is 18.5. The molecule has 2 nitrogen and oxygen atoms in total. The fourth-order valence-electron chi connectivity index (χ4n) is 1.95. The Morgan fingerprint density at radius 3 is 2.80 bits per heavy atom. The SMILES string of the molecule is NCC(CC1COC1)c1cccc(Cl)c1. The molecule has 1 unspecified atom stereocenters. The number of rotatable bonds is 4. The molecule has 1 saturated heterocycles. The first-order valence-corrected chi connectivity index (χ1v) is 5.70. The molecule has 0 aliphatic carbocycles. The maximum absolute atomic E-state index is 5.96. The van der Waals surface area contributed by atoms with Crippen LogP contribution in [0.5, 0.6) is 0 Å². The third-order valence-electron chi connectivity index (χ3n) is 2.93. The summed E-state index contributed by atoms with van der Waals surface area (Å²) in [5.41, 5.74) is 7.05. The van der Waals surface area contributed by atoms with Gasteiger partial charge in [0.2, 0.25) is 0 Å². The van der Waals surface area contributed by atoms with Crippen LogP contribution in [0.25, 0.3) is 0 Å². The Morgan fingerprint density at radius 1 is 1.47 bits per heavy atom. The van der Waals surface area contributed by atoms with Crippen LogP contribution in [0.15, 0.2) is 24.3 Å². The van der Waals surface area contributed by atoms with Crippen LogP contribution < -0.4 is 5.73 Å². The third kappa shape index (κ3) is 2.71. The van der Waals surface area contributed by atoms with Crippen LogP contribution in [-0.4, -0.2) is 19.8 Å². The second-order valence-corrected chi connectivity index (χ2v) is 4.56. The topological polar surface area (TPSA) is 35.2 Å². The molecule has 15 heavy (non-hydrogen) atoms. The Balaban J connectivity index is 2.04. The van der Waals surface area contributed by atoms with Crippen molar-refractivity contribution in [3.63, 3.8) is 0 Å². The lowest BCUT2D eigenvalue weighted by Gasteiger charge is -2.29. The predicted octanol–water partition coefficient (Wildman–Crippen LogP) is 2.42. The molecule has 82 valence electrons. The van der Waals surface area contributed by atoms with Crippen molar-refractivity contribution in [1.82, 2.24) is 0 Å². The molecule has 0 saturated carbocycles. The molecule has 2 rings (SSSR count). The molecule has 1 aromatic rings. The first-order valence-electron chi connectivity index (χ1n) is 5.33. The van der Waals surface area contributed by atoms with E-state index in [1.165, 1.54) is 5.56 Å². The number of halogens is 1. The van der Waals surface area contributed by atoms with Crippen LogP contribution in [0.2, 0.25) is 5.02 Å². The minimum atomic E-state index is 0.414. The van der Waals surface area contributed by atoms with Gasteiger partial charge in [-0.25, -0.2) is 0 Å². The summed E-state index contributed by atoms with van der Waals surface area (Å²) in [6.45, 7) is 2.45. The minimum Gasteiger partial charge on any atom is -0.381 e. The number of benzene rings is 1. The molecule has 1 aromatic carbocycles. The minimum absolute atomic E-state index is 0.414. The summed E-state index contributed by atoms with van der Waals surface area (Å²) < 4.78 is 5.17. The van der Waals surface area contributed by atoms with Crippen molar-refractivity contribution in [1.29, 1.82) is 0 Å². The van der Waals surface area contributed by atoms with Crippen molar-refractivity contribution in [3.8, 4) is 0 Å². The van der Waals surface area contributed by atoms with Gasteiger partial charge in [0, 0.05) is 10.9 Å². The molecule has 0 spiro atoms. The van der Waals surface area contributed by atoms with E-state index >= 15 is 0 Å². The smallest absolute Gasteiger partial charge is 0.0516 e. The van der Waals surface area contributed by atoms with Crippen molar-refractivity contribution in [3.05, 3.63) is 34.9 Å². The van der Waals surface area contributed by atoms with Crippen LogP contribution in [0.1, 0.15) is 17.9 Å². The summed E-state index contributed by atoms with van der Waals surface area (Å²) in [4.78, 5) is 0. The largest absolute Gasteiger partial charge is 0.381 e. The molecular weight excluding hydrogens is 210 g/mol. The van der Waals surface area contributed by atoms with E-state index in [0.29, 0.717) is 18.4 Å². The molecule has 0 radical (unpaired) electrons. The van der Waals surface area contributed by atoms with Gasteiger partial charge >= 0.3 is 0 Å². The zero-order valence-corrected chi connectivity index (χ0v) is 9.41. The lowest BCUT2D eigenvalue weighted by atomic mass is 9.88. The van der Waals surface area contributed by atoms with Gasteiger partial charge in [0.05, 0.1) is 13.2 Å². The Kier molecular flexibility index (Phi) is 3.62. The maximum Gasteiger partial charge on any atom is 0.0516 e. The summed E-state index contributed by atoms with van der Waals surface area (Å²) in [5.74, 6) is 1.09. The van der Waals surface area contributed by atoms with Crippen molar-refractivity contribution < 1.29 is 4.74 Å². The second-order valence-electron chi connectivity index (χ2n) is 4.13. The van der Waals surface area contributed by atoms with Gasteiger partial charge in [0.25, 0.3) is 0 Å². The lowest BCUT2D eigenvalue weighted by Crippen LogP contribution is -2.30. The van der Waals surface area contributed by atoms with E-state index in [4.69, 9.17) is 22.1 Å². The van der Waals surface area contributed by atoms with Crippen molar-refractivity contribution in [2.75, 3.05) is 19.8 Å².